The van der Waals surface area contributed by atoms with Gasteiger partial charge in [-0.1, -0.05) is 20.3 Å². The first-order valence-corrected chi connectivity index (χ1v) is 7.86. The first-order chi connectivity index (χ1) is 8.02. The zero-order chi connectivity index (χ0) is 11.9. The van der Waals surface area contributed by atoms with Crippen molar-refractivity contribution in [2.75, 3.05) is 6.54 Å². The molecule has 3 saturated heterocycles. The monoisotopic (exact) mass is 251 g/mol. The second-order valence-electron chi connectivity index (χ2n) is 7.01. The highest BCUT2D eigenvalue weighted by Gasteiger charge is 2.74. The van der Waals surface area contributed by atoms with Gasteiger partial charge < -0.3 is 4.90 Å². The van der Waals surface area contributed by atoms with Crippen molar-refractivity contribution in [1.82, 2.24) is 4.90 Å². The highest BCUT2D eigenvalue weighted by atomic mass is 32.2. The molecule has 0 radical (unpaired) electrons. The van der Waals surface area contributed by atoms with Gasteiger partial charge >= 0.3 is 0 Å². The molecule has 17 heavy (non-hydrogen) atoms. The lowest BCUT2D eigenvalue weighted by atomic mass is 9.68. The van der Waals surface area contributed by atoms with E-state index in [0.717, 1.165) is 13.0 Å². The molecule has 0 aromatic carbocycles. The van der Waals surface area contributed by atoms with E-state index in [1.807, 2.05) is 0 Å². The van der Waals surface area contributed by atoms with Crippen LogP contribution in [0.3, 0.4) is 0 Å². The van der Waals surface area contributed by atoms with Crippen LogP contribution in [0.5, 0.6) is 0 Å². The Bertz CT molecular complexity index is 407. The molecule has 4 rings (SSSR count). The molecule has 0 N–H and O–H groups in total. The molecule has 1 aliphatic carbocycles. The van der Waals surface area contributed by atoms with Crippen LogP contribution in [-0.2, 0) is 4.79 Å². The quantitative estimate of drug-likeness (QED) is 0.659. The van der Waals surface area contributed by atoms with E-state index in [1.165, 1.54) is 32.1 Å². The predicted molar refractivity (Wildman–Crippen MR) is 69.7 cm³/mol. The average Bonchev–Trinajstić information content (AvgIpc) is 2.83. The summed E-state index contributed by atoms with van der Waals surface area (Å²) < 4.78 is 0.0155. The van der Waals surface area contributed by atoms with Gasteiger partial charge in [0, 0.05) is 6.54 Å². The molecule has 94 valence electrons. The Hall–Kier alpha value is -0.180. The van der Waals surface area contributed by atoms with Gasteiger partial charge in [0.15, 0.2) is 0 Å². The molecular weight excluding hydrogens is 230 g/mol. The van der Waals surface area contributed by atoms with E-state index >= 15 is 0 Å². The largest absolute Gasteiger partial charge is 0.326 e. The van der Waals surface area contributed by atoms with Crippen LogP contribution >= 0.6 is 11.8 Å². The van der Waals surface area contributed by atoms with E-state index in [0.29, 0.717) is 17.2 Å². The molecule has 4 aliphatic rings. The third kappa shape index (κ3) is 0.970. The second kappa shape index (κ2) is 2.87. The van der Waals surface area contributed by atoms with Gasteiger partial charge in [-0.3, -0.25) is 4.79 Å². The molecule has 1 amide bonds. The average molecular weight is 251 g/mol. The molecule has 2 spiro atoms. The van der Waals surface area contributed by atoms with Crippen molar-refractivity contribution < 1.29 is 4.79 Å². The van der Waals surface area contributed by atoms with Crippen LogP contribution < -0.4 is 0 Å². The lowest BCUT2D eigenvalue weighted by Crippen LogP contribution is -2.61. The fourth-order valence-corrected chi connectivity index (χ4v) is 7.31. The van der Waals surface area contributed by atoms with Crippen LogP contribution in [0, 0.1) is 11.3 Å². The molecule has 1 saturated carbocycles. The Morgan fingerprint density at radius 2 is 2.12 bits per heavy atom. The van der Waals surface area contributed by atoms with Crippen LogP contribution in [0.25, 0.3) is 0 Å². The van der Waals surface area contributed by atoms with Crippen LogP contribution in [0.4, 0.5) is 0 Å². The molecule has 3 heterocycles. The molecule has 0 unspecified atom stereocenters. The normalized spacial score (nSPS) is 50.6. The summed E-state index contributed by atoms with van der Waals surface area (Å²) in [7, 11) is 0. The van der Waals surface area contributed by atoms with Crippen molar-refractivity contribution in [3.05, 3.63) is 0 Å². The van der Waals surface area contributed by atoms with Gasteiger partial charge in [-0.05, 0) is 43.4 Å². The minimum absolute atomic E-state index is 0.0155. The molecule has 2 bridgehead atoms. The molecule has 3 heteroatoms. The molecule has 0 aromatic heterocycles. The Balaban J connectivity index is 1.86. The second-order valence-corrected chi connectivity index (χ2v) is 8.62. The smallest absolute Gasteiger partial charge is 0.240 e. The van der Waals surface area contributed by atoms with E-state index in [2.05, 4.69) is 30.5 Å². The van der Waals surface area contributed by atoms with Gasteiger partial charge in [0.1, 0.15) is 0 Å². The summed E-state index contributed by atoms with van der Waals surface area (Å²) in [6, 6.07) is 0. The number of amides is 1. The number of thioether (sulfide) groups is 1. The van der Waals surface area contributed by atoms with Gasteiger partial charge in [-0.25, -0.2) is 0 Å². The molecule has 3 atom stereocenters. The number of piperidine rings is 2. The van der Waals surface area contributed by atoms with E-state index in [9.17, 15) is 4.79 Å². The highest BCUT2D eigenvalue weighted by molar-refractivity contribution is 8.03. The predicted octanol–water partition coefficient (Wildman–Crippen LogP) is 3.02. The Morgan fingerprint density at radius 1 is 1.29 bits per heavy atom. The minimum atomic E-state index is 0.0155. The summed E-state index contributed by atoms with van der Waals surface area (Å²) in [4.78, 5) is 15.2. The Morgan fingerprint density at radius 3 is 2.94 bits per heavy atom. The molecule has 4 fully saturated rings. The third-order valence-electron chi connectivity index (χ3n) is 5.92. The summed E-state index contributed by atoms with van der Waals surface area (Å²) in [6.07, 6.45) is 7.47. The fourth-order valence-electron chi connectivity index (χ4n) is 4.95. The molecule has 0 aromatic rings. The topological polar surface area (TPSA) is 20.3 Å². The van der Waals surface area contributed by atoms with Crippen molar-refractivity contribution in [3.8, 4) is 0 Å². The maximum Gasteiger partial charge on any atom is 0.240 e. The van der Waals surface area contributed by atoms with E-state index in [-0.39, 0.29) is 9.62 Å². The number of hydrogen-bond donors (Lipinski definition) is 0. The summed E-state index contributed by atoms with van der Waals surface area (Å²) >= 11 is 2.07. The van der Waals surface area contributed by atoms with Gasteiger partial charge in [0.25, 0.3) is 0 Å². The van der Waals surface area contributed by atoms with E-state index in [1.54, 1.807) is 0 Å². The molecule has 2 nitrogen and oxygen atoms in total. The van der Waals surface area contributed by atoms with Crippen molar-refractivity contribution in [3.63, 3.8) is 0 Å². The maximum absolute atomic E-state index is 12.8. The number of hydrogen-bond acceptors (Lipinski definition) is 2. The van der Waals surface area contributed by atoms with Gasteiger partial charge in [0.05, 0.1) is 9.62 Å². The summed E-state index contributed by atoms with van der Waals surface area (Å²) in [5.41, 5.74) is 0.305. The van der Waals surface area contributed by atoms with Crippen molar-refractivity contribution >= 4 is 17.7 Å². The lowest BCUT2D eigenvalue weighted by Gasteiger charge is -2.53. The van der Waals surface area contributed by atoms with Crippen LogP contribution in [-0.4, -0.2) is 27.0 Å². The number of rotatable bonds is 0. The van der Waals surface area contributed by atoms with E-state index in [4.69, 9.17) is 0 Å². The standard InChI is InChI=1S/C14H21NOS/c1-12(2)6-4-8-15-11(16)13-7-3-5-10(13)9-14(12,15)17-13/h10H,3-9H2,1-2H3/t10-,13-,14-/m1/s1. The Labute approximate surface area is 108 Å². The Kier molecular flexibility index (Phi) is 1.81. The van der Waals surface area contributed by atoms with Crippen LogP contribution in [0.2, 0.25) is 0 Å². The molecule has 3 aliphatic heterocycles. The third-order valence-corrected chi connectivity index (χ3v) is 8.27. The summed E-state index contributed by atoms with van der Waals surface area (Å²) in [5, 5.41) is 0. The first-order valence-electron chi connectivity index (χ1n) is 7.04. The maximum atomic E-state index is 12.8. The van der Waals surface area contributed by atoms with Gasteiger partial charge in [-0.2, -0.15) is 0 Å². The van der Waals surface area contributed by atoms with Crippen LogP contribution in [0.15, 0.2) is 0 Å². The van der Waals surface area contributed by atoms with Crippen LogP contribution in [0.1, 0.15) is 52.4 Å². The fraction of sp³-hybridized carbons (Fsp3) is 0.929. The SMILES string of the molecule is CC1(C)CCCN2C(=O)[C@@]34CCC[C@@H]3C[C@]21S4. The molecular formula is C14H21NOS. The van der Waals surface area contributed by atoms with E-state index < -0.39 is 0 Å². The summed E-state index contributed by atoms with van der Waals surface area (Å²) in [5.74, 6) is 1.19. The lowest BCUT2D eigenvalue weighted by molar-refractivity contribution is -0.147. The zero-order valence-electron chi connectivity index (χ0n) is 10.8. The summed E-state index contributed by atoms with van der Waals surface area (Å²) in [6.45, 7) is 5.79. The number of carbonyl (C=O) groups is 1. The van der Waals surface area contributed by atoms with Gasteiger partial charge in [0.2, 0.25) is 5.91 Å². The number of nitrogens with zero attached hydrogens (tertiary/aromatic N) is 1. The number of carbonyl (C=O) groups excluding carboxylic acids is 1. The van der Waals surface area contributed by atoms with Crippen molar-refractivity contribution in [1.29, 1.82) is 0 Å². The van der Waals surface area contributed by atoms with Gasteiger partial charge in [-0.15, -0.1) is 11.8 Å². The first kappa shape index (κ1) is 10.7. The minimum Gasteiger partial charge on any atom is -0.326 e. The zero-order valence-corrected chi connectivity index (χ0v) is 11.6. The van der Waals surface area contributed by atoms with Crippen molar-refractivity contribution in [2.45, 2.75) is 62.0 Å². The van der Waals surface area contributed by atoms with Crippen molar-refractivity contribution in [2.24, 2.45) is 11.3 Å². The highest BCUT2D eigenvalue weighted by Crippen LogP contribution is 2.73.